The highest BCUT2D eigenvalue weighted by atomic mass is 35.5. The number of H-pyrrole nitrogens is 1. The fraction of sp³-hybridized carbons (Fsp3) is 0.154. The predicted molar refractivity (Wildman–Crippen MR) is 138 cm³/mol. The summed E-state index contributed by atoms with van der Waals surface area (Å²) >= 11 is 6.14. The van der Waals surface area contributed by atoms with Gasteiger partial charge in [0, 0.05) is 11.8 Å². The number of aromatic nitrogens is 2. The van der Waals surface area contributed by atoms with Crippen molar-refractivity contribution < 1.29 is 35.5 Å². The molecule has 208 valence electrons. The first-order chi connectivity index (χ1) is 18.9. The summed E-state index contributed by atoms with van der Waals surface area (Å²) in [5.74, 6) is -1.12. The monoisotopic (exact) mass is 594 g/mol. The zero-order valence-corrected chi connectivity index (χ0v) is 21.8. The summed E-state index contributed by atoms with van der Waals surface area (Å²) in [7, 11) is -4.57. The lowest BCUT2D eigenvalue weighted by molar-refractivity contribution is -0.137. The molecule has 0 saturated heterocycles. The van der Waals surface area contributed by atoms with Crippen LogP contribution in [0.1, 0.15) is 16.1 Å². The molecule has 1 aliphatic heterocycles. The van der Waals surface area contributed by atoms with Crippen molar-refractivity contribution in [2.45, 2.75) is 17.2 Å². The lowest BCUT2D eigenvalue weighted by Gasteiger charge is -2.36. The molecule has 5 rings (SSSR count). The molecule has 40 heavy (non-hydrogen) atoms. The molecular weight excluding hydrogens is 576 g/mol. The molecule has 2 heterocycles. The minimum absolute atomic E-state index is 0.00591. The Bertz CT molecular complexity index is 1680. The summed E-state index contributed by atoms with van der Waals surface area (Å²) < 4.78 is 88.7. The topological polar surface area (TPSA) is 104 Å². The Labute approximate surface area is 230 Å². The average molecular weight is 595 g/mol. The lowest BCUT2D eigenvalue weighted by Crippen LogP contribution is -2.48. The van der Waals surface area contributed by atoms with Crippen molar-refractivity contribution in [3.05, 3.63) is 95.0 Å². The summed E-state index contributed by atoms with van der Waals surface area (Å²) in [6, 6.07) is 13.3. The molecule has 1 aliphatic rings. The summed E-state index contributed by atoms with van der Waals surface area (Å²) in [5, 5.41) is 8.62. The number of hydrogen-bond acceptors (Lipinski definition) is 5. The summed E-state index contributed by atoms with van der Waals surface area (Å²) in [6.07, 6.45) is -4.30. The van der Waals surface area contributed by atoms with Crippen molar-refractivity contribution in [3.63, 3.8) is 0 Å². The molecule has 1 amide bonds. The predicted octanol–water partition coefficient (Wildman–Crippen LogP) is 5.27. The third-order valence-electron chi connectivity index (χ3n) is 6.14. The van der Waals surface area contributed by atoms with Crippen molar-refractivity contribution in [1.29, 1.82) is 0 Å². The first-order valence-corrected chi connectivity index (χ1v) is 13.5. The zero-order chi connectivity index (χ0) is 28.7. The van der Waals surface area contributed by atoms with Gasteiger partial charge in [-0.3, -0.25) is 14.2 Å². The van der Waals surface area contributed by atoms with Crippen molar-refractivity contribution in [2.24, 2.45) is 0 Å². The molecule has 0 bridgehead atoms. The second-order valence-corrected chi connectivity index (χ2v) is 11.0. The van der Waals surface area contributed by atoms with E-state index < -0.39 is 44.5 Å². The number of rotatable bonds is 6. The Morgan fingerprint density at radius 3 is 2.62 bits per heavy atom. The van der Waals surface area contributed by atoms with Crippen LogP contribution in [-0.2, 0) is 16.2 Å². The van der Waals surface area contributed by atoms with Crippen LogP contribution in [0.25, 0.3) is 11.1 Å². The van der Waals surface area contributed by atoms with Gasteiger partial charge in [-0.15, -0.1) is 0 Å². The standard InChI is InChI=1S/C26H19ClF4N4O4S/c27-24-19(5-2-6-20(24)28)15-7-8-23-22(11-15)35(14-17(39-23)13-32-25(36)21-9-10-33-34-21)40(37,38)18-4-1-3-16(12-18)26(29,30)31/h1-12,17H,13-14H2,(H,32,36)(H,33,34). The molecule has 0 saturated carbocycles. The van der Waals surface area contributed by atoms with E-state index in [1.165, 1.54) is 42.6 Å². The normalized spacial score (nSPS) is 15.3. The van der Waals surface area contributed by atoms with Gasteiger partial charge in [0.1, 0.15) is 23.4 Å². The summed E-state index contributed by atoms with van der Waals surface area (Å²) in [6.45, 7) is -0.488. The number of fused-ring (bicyclic) bond motifs is 1. The van der Waals surface area contributed by atoms with Gasteiger partial charge in [-0.05, 0) is 48.0 Å². The number of nitrogens with one attached hydrogen (secondary N) is 2. The Morgan fingerprint density at radius 2 is 1.90 bits per heavy atom. The van der Waals surface area contributed by atoms with E-state index in [4.69, 9.17) is 16.3 Å². The van der Waals surface area contributed by atoms with Gasteiger partial charge in [-0.2, -0.15) is 18.3 Å². The molecule has 2 N–H and O–H groups in total. The van der Waals surface area contributed by atoms with Crippen molar-refractivity contribution in [1.82, 2.24) is 15.5 Å². The number of benzene rings is 3. The number of anilines is 1. The number of ether oxygens (including phenoxy) is 1. The molecule has 0 spiro atoms. The highest BCUT2D eigenvalue weighted by molar-refractivity contribution is 7.92. The van der Waals surface area contributed by atoms with Crippen molar-refractivity contribution in [2.75, 3.05) is 17.4 Å². The van der Waals surface area contributed by atoms with Crippen LogP contribution in [0.2, 0.25) is 5.02 Å². The van der Waals surface area contributed by atoms with E-state index in [9.17, 15) is 30.8 Å². The quantitative estimate of drug-likeness (QED) is 0.296. The number of carbonyl (C=O) groups excluding carboxylic acids is 1. The van der Waals surface area contributed by atoms with Crippen LogP contribution in [0.15, 0.2) is 77.8 Å². The van der Waals surface area contributed by atoms with E-state index in [1.807, 2.05) is 0 Å². The van der Waals surface area contributed by atoms with Gasteiger partial charge in [0.2, 0.25) is 0 Å². The lowest BCUT2D eigenvalue weighted by atomic mass is 10.0. The molecule has 14 heteroatoms. The number of aromatic amines is 1. The van der Waals surface area contributed by atoms with E-state index in [-0.39, 0.29) is 40.8 Å². The van der Waals surface area contributed by atoms with Gasteiger partial charge < -0.3 is 10.1 Å². The van der Waals surface area contributed by atoms with Crippen LogP contribution in [0, 0.1) is 5.82 Å². The minimum Gasteiger partial charge on any atom is -0.484 e. The van der Waals surface area contributed by atoms with E-state index >= 15 is 0 Å². The Morgan fingerprint density at radius 1 is 1.12 bits per heavy atom. The molecule has 3 aromatic carbocycles. The van der Waals surface area contributed by atoms with Gasteiger partial charge in [0.15, 0.2) is 0 Å². The number of carbonyl (C=O) groups is 1. The van der Waals surface area contributed by atoms with Gasteiger partial charge in [-0.25, -0.2) is 12.8 Å². The van der Waals surface area contributed by atoms with Crippen LogP contribution in [0.4, 0.5) is 23.2 Å². The Kier molecular flexibility index (Phi) is 7.19. The van der Waals surface area contributed by atoms with Crippen LogP contribution in [-0.4, -0.2) is 43.7 Å². The van der Waals surface area contributed by atoms with Gasteiger partial charge in [0.05, 0.1) is 34.3 Å². The van der Waals surface area contributed by atoms with Gasteiger partial charge >= 0.3 is 6.18 Å². The molecule has 1 atom stereocenters. The molecule has 0 radical (unpaired) electrons. The number of halogens is 5. The van der Waals surface area contributed by atoms with Crippen LogP contribution < -0.4 is 14.4 Å². The molecule has 1 unspecified atom stereocenters. The van der Waals surface area contributed by atoms with Crippen LogP contribution in [0.5, 0.6) is 5.75 Å². The highest BCUT2D eigenvalue weighted by Gasteiger charge is 2.37. The minimum atomic E-state index is -4.77. The van der Waals surface area contributed by atoms with Crippen molar-refractivity contribution in [3.8, 4) is 16.9 Å². The third-order valence-corrected chi connectivity index (χ3v) is 8.30. The van der Waals surface area contributed by atoms with E-state index in [1.54, 1.807) is 6.07 Å². The SMILES string of the molecule is O=C(NCC1CN(S(=O)(=O)c2cccc(C(F)(F)F)c2)c2cc(-c3cccc(F)c3Cl)ccc2O1)c1ccn[nH]1. The van der Waals surface area contributed by atoms with Crippen LogP contribution >= 0.6 is 11.6 Å². The average Bonchev–Trinajstić information content (AvgIpc) is 3.47. The second-order valence-electron chi connectivity index (χ2n) is 8.77. The maximum absolute atomic E-state index is 14.1. The molecule has 8 nitrogen and oxygen atoms in total. The Hall–Kier alpha value is -4.10. The number of alkyl halides is 3. The second kappa shape index (κ2) is 10.5. The number of hydrogen-bond donors (Lipinski definition) is 2. The smallest absolute Gasteiger partial charge is 0.416 e. The summed E-state index contributed by atoms with van der Waals surface area (Å²) in [4.78, 5) is 11.8. The molecule has 0 aliphatic carbocycles. The number of sulfonamides is 1. The molecule has 4 aromatic rings. The van der Waals surface area contributed by atoms with E-state index in [0.29, 0.717) is 11.6 Å². The number of amides is 1. The first kappa shape index (κ1) is 27.5. The van der Waals surface area contributed by atoms with Gasteiger partial charge in [-0.1, -0.05) is 35.9 Å². The van der Waals surface area contributed by atoms with E-state index in [2.05, 4.69) is 15.5 Å². The molecular formula is C26H19ClF4N4O4S. The third kappa shape index (κ3) is 5.34. The molecule has 1 aromatic heterocycles. The largest absolute Gasteiger partial charge is 0.484 e. The first-order valence-electron chi connectivity index (χ1n) is 11.7. The zero-order valence-electron chi connectivity index (χ0n) is 20.2. The van der Waals surface area contributed by atoms with Crippen molar-refractivity contribution >= 4 is 33.2 Å². The fourth-order valence-corrected chi connectivity index (χ4v) is 5.96. The van der Waals surface area contributed by atoms with E-state index in [0.717, 1.165) is 22.5 Å². The number of nitrogens with zero attached hydrogens (tertiary/aromatic N) is 2. The maximum Gasteiger partial charge on any atom is 0.416 e. The fourth-order valence-electron chi connectivity index (χ4n) is 4.18. The van der Waals surface area contributed by atoms with Crippen LogP contribution in [0.3, 0.4) is 0 Å². The highest BCUT2D eigenvalue weighted by Crippen LogP contribution is 2.42. The maximum atomic E-state index is 14.1. The van der Waals surface area contributed by atoms with Gasteiger partial charge in [0.25, 0.3) is 15.9 Å². The molecule has 0 fully saturated rings. The Balaban J connectivity index is 1.55. The summed E-state index contributed by atoms with van der Waals surface area (Å²) in [5.41, 5.74) is -0.338.